The molecule has 0 aliphatic rings. The van der Waals surface area contributed by atoms with Gasteiger partial charge in [0.1, 0.15) is 17.6 Å². The molecule has 0 aromatic heterocycles. The molecule has 0 bridgehead atoms. The van der Waals surface area contributed by atoms with Crippen molar-refractivity contribution in [2.75, 3.05) is 11.9 Å². The lowest BCUT2D eigenvalue weighted by molar-refractivity contribution is -0.118. The molecule has 0 atom stereocenters. The molecule has 4 nitrogen and oxygen atoms in total. The summed E-state index contributed by atoms with van der Waals surface area (Å²) < 4.78 is 18.5. The first kappa shape index (κ1) is 14.8. The molecule has 0 heterocycles. The number of rotatable bonds is 4. The van der Waals surface area contributed by atoms with Crippen molar-refractivity contribution in [2.24, 2.45) is 0 Å². The molecule has 1 amide bonds. The first-order valence-electron chi connectivity index (χ1n) is 5.97. The van der Waals surface area contributed by atoms with Crippen molar-refractivity contribution in [3.05, 3.63) is 58.9 Å². The van der Waals surface area contributed by atoms with Crippen LogP contribution in [0.4, 0.5) is 10.1 Å². The number of anilines is 1. The van der Waals surface area contributed by atoms with Crippen molar-refractivity contribution in [3.8, 4) is 11.8 Å². The molecule has 2 aromatic carbocycles. The molecule has 21 heavy (non-hydrogen) atoms. The molecule has 0 aliphatic carbocycles. The van der Waals surface area contributed by atoms with E-state index >= 15 is 0 Å². The number of para-hydroxylation sites is 1. The lowest BCUT2D eigenvalue weighted by Crippen LogP contribution is -2.20. The Morgan fingerprint density at radius 2 is 2.10 bits per heavy atom. The minimum absolute atomic E-state index is 0.0211. The summed E-state index contributed by atoms with van der Waals surface area (Å²) in [7, 11) is 0. The van der Waals surface area contributed by atoms with Crippen LogP contribution in [0.15, 0.2) is 42.5 Å². The molecule has 0 radical (unpaired) electrons. The van der Waals surface area contributed by atoms with E-state index in [1.54, 1.807) is 24.3 Å². The molecular weight excluding hydrogens is 295 g/mol. The topological polar surface area (TPSA) is 62.1 Å². The Morgan fingerprint density at radius 3 is 2.81 bits per heavy atom. The van der Waals surface area contributed by atoms with Crippen LogP contribution in [0.5, 0.6) is 5.75 Å². The lowest BCUT2D eigenvalue weighted by atomic mass is 10.2. The predicted molar refractivity (Wildman–Crippen MR) is 76.7 cm³/mol. The first-order valence-corrected chi connectivity index (χ1v) is 6.35. The molecule has 6 heteroatoms. The number of carbonyl (C=O) groups is 1. The minimum atomic E-state index is -0.620. The van der Waals surface area contributed by atoms with Gasteiger partial charge in [0.25, 0.3) is 5.91 Å². The summed E-state index contributed by atoms with van der Waals surface area (Å²) in [5, 5.41) is 11.3. The van der Waals surface area contributed by atoms with Crippen LogP contribution in [0.1, 0.15) is 5.56 Å². The fourth-order valence-corrected chi connectivity index (χ4v) is 1.72. The fraction of sp³-hybridized carbons (Fsp3) is 0.0667. The predicted octanol–water partition coefficient (Wildman–Crippen LogP) is 3.37. The second-order valence-electron chi connectivity index (χ2n) is 4.07. The number of hydrogen-bond acceptors (Lipinski definition) is 3. The van der Waals surface area contributed by atoms with Gasteiger partial charge in [0.2, 0.25) is 0 Å². The molecule has 0 saturated carbocycles. The van der Waals surface area contributed by atoms with Gasteiger partial charge in [-0.3, -0.25) is 4.79 Å². The standard InChI is InChI=1S/C15H10ClFN2O2/c16-12-6-5-11(7-13(12)17)19-15(20)9-21-14-4-2-1-3-10(14)8-18/h1-7H,9H2,(H,19,20). The maximum atomic E-state index is 13.2. The van der Waals surface area contributed by atoms with Crippen LogP contribution in [-0.4, -0.2) is 12.5 Å². The van der Waals surface area contributed by atoms with E-state index in [-0.39, 0.29) is 17.3 Å². The smallest absolute Gasteiger partial charge is 0.262 e. The average Bonchev–Trinajstić information content (AvgIpc) is 2.49. The Morgan fingerprint density at radius 1 is 1.33 bits per heavy atom. The average molecular weight is 305 g/mol. The van der Waals surface area contributed by atoms with Gasteiger partial charge in [-0.05, 0) is 30.3 Å². The van der Waals surface area contributed by atoms with Crippen LogP contribution in [0.2, 0.25) is 5.02 Å². The maximum Gasteiger partial charge on any atom is 0.262 e. The van der Waals surface area contributed by atoms with Gasteiger partial charge >= 0.3 is 0 Å². The Kier molecular flexibility index (Phi) is 4.75. The van der Waals surface area contributed by atoms with E-state index in [0.29, 0.717) is 11.3 Å². The van der Waals surface area contributed by atoms with E-state index in [4.69, 9.17) is 21.6 Å². The molecule has 2 rings (SSSR count). The van der Waals surface area contributed by atoms with E-state index in [1.807, 2.05) is 6.07 Å². The molecule has 0 saturated heterocycles. The van der Waals surface area contributed by atoms with Gasteiger partial charge < -0.3 is 10.1 Å². The van der Waals surface area contributed by atoms with E-state index in [0.717, 1.165) is 6.07 Å². The van der Waals surface area contributed by atoms with E-state index in [9.17, 15) is 9.18 Å². The van der Waals surface area contributed by atoms with Crippen molar-refractivity contribution in [1.82, 2.24) is 0 Å². The van der Waals surface area contributed by atoms with Crippen molar-refractivity contribution in [1.29, 1.82) is 5.26 Å². The Bertz CT molecular complexity index is 713. The van der Waals surface area contributed by atoms with E-state index in [1.165, 1.54) is 12.1 Å². The Labute approximate surface area is 125 Å². The van der Waals surface area contributed by atoms with Crippen LogP contribution in [0.3, 0.4) is 0 Å². The number of nitrogens with zero attached hydrogens (tertiary/aromatic N) is 1. The largest absolute Gasteiger partial charge is 0.482 e. The van der Waals surface area contributed by atoms with Crippen molar-refractivity contribution in [3.63, 3.8) is 0 Å². The second kappa shape index (κ2) is 6.73. The number of carbonyl (C=O) groups excluding carboxylic acids is 1. The molecule has 0 spiro atoms. The van der Waals surface area contributed by atoms with Gasteiger partial charge in [-0.2, -0.15) is 5.26 Å². The Balaban J connectivity index is 1.96. The van der Waals surface area contributed by atoms with Gasteiger partial charge in [-0.1, -0.05) is 23.7 Å². The van der Waals surface area contributed by atoms with Crippen LogP contribution < -0.4 is 10.1 Å². The highest BCUT2D eigenvalue weighted by atomic mass is 35.5. The van der Waals surface area contributed by atoms with Gasteiger partial charge in [0.15, 0.2) is 6.61 Å². The number of ether oxygens (including phenoxy) is 1. The molecule has 106 valence electrons. The minimum Gasteiger partial charge on any atom is -0.482 e. The number of halogens is 2. The molecule has 0 aliphatic heterocycles. The van der Waals surface area contributed by atoms with Crippen molar-refractivity contribution >= 4 is 23.2 Å². The first-order chi connectivity index (χ1) is 10.1. The summed E-state index contributed by atoms with van der Waals surface area (Å²) in [6.45, 7) is -0.289. The summed E-state index contributed by atoms with van der Waals surface area (Å²) in [6, 6.07) is 12.5. The fourth-order valence-electron chi connectivity index (χ4n) is 1.60. The summed E-state index contributed by atoms with van der Waals surface area (Å²) in [6.07, 6.45) is 0. The zero-order valence-electron chi connectivity index (χ0n) is 10.8. The van der Waals surface area contributed by atoms with Crippen molar-refractivity contribution < 1.29 is 13.9 Å². The van der Waals surface area contributed by atoms with Crippen LogP contribution in [0.25, 0.3) is 0 Å². The third kappa shape index (κ3) is 3.94. The van der Waals surface area contributed by atoms with E-state index < -0.39 is 11.7 Å². The van der Waals surface area contributed by atoms with Crippen LogP contribution in [-0.2, 0) is 4.79 Å². The number of nitrogens with one attached hydrogen (secondary N) is 1. The lowest BCUT2D eigenvalue weighted by Gasteiger charge is -2.08. The van der Waals surface area contributed by atoms with E-state index in [2.05, 4.69) is 5.32 Å². The monoisotopic (exact) mass is 304 g/mol. The normalized spacial score (nSPS) is 9.76. The highest BCUT2D eigenvalue weighted by Crippen LogP contribution is 2.19. The third-order valence-corrected chi connectivity index (χ3v) is 2.88. The van der Waals surface area contributed by atoms with Crippen molar-refractivity contribution in [2.45, 2.75) is 0 Å². The molecule has 1 N–H and O–H groups in total. The molecule has 0 fully saturated rings. The number of hydrogen-bond donors (Lipinski definition) is 1. The molecule has 0 unspecified atom stereocenters. The van der Waals surface area contributed by atoms with Gasteiger partial charge in [-0.25, -0.2) is 4.39 Å². The summed E-state index contributed by atoms with van der Waals surface area (Å²) in [5.74, 6) is -0.771. The SMILES string of the molecule is N#Cc1ccccc1OCC(=O)Nc1ccc(Cl)c(F)c1. The Hall–Kier alpha value is -2.58. The number of nitriles is 1. The maximum absolute atomic E-state index is 13.2. The van der Waals surface area contributed by atoms with Gasteiger partial charge in [-0.15, -0.1) is 0 Å². The van der Waals surface area contributed by atoms with Crippen LogP contribution in [0, 0.1) is 17.1 Å². The van der Waals surface area contributed by atoms with Gasteiger partial charge in [0.05, 0.1) is 10.6 Å². The summed E-state index contributed by atoms with van der Waals surface area (Å²) >= 11 is 5.55. The highest BCUT2D eigenvalue weighted by molar-refractivity contribution is 6.30. The third-order valence-electron chi connectivity index (χ3n) is 2.57. The molecular formula is C15H10ClFN2O2. The number of amides is 1. The number of benzene rings is 2. The molecule has 2 aromatic rings. The quantitative estimate of drug-likeness (QED) is 0.942. The second-order valence-corrected chi connectivity index (χ2v) is 4.48. The van der Waals surface area contributed by atoms with Gasteiger partial charge in [0, 0.05) is 5.69 Å². The highest BCUT2D eigenvalue weighted by Gasteiger charge is 2.08. The zero-order valence-corrected chi connectivity index (χ0v) is 11.5. The zero-order chi connectivity index (χ0) is 15.2. The summed E-state index contributed by atoms with van der Waals surface area (Å²) in [5.41, 5.74) is 0.613. The van der Waals surface area contributed by atoms with Crippen LogP contribution >= 0.6 is 11.6 Å². The summed E-state index contributed by atoms with van der Waals surface area (Å²) in [4.78, 5) is 11.7.